The second kappa shape index (κ2) is 9.14. The zero-order chi connectivity index (χ0) is 19.9. The molecule has 0 bridgehead atoms. The van der Waals surface area contributed by atoms with Crippen molar-refractivity contribution in [1.29, 1.82) is 0 Å². The number of hydrogen-bond acceptors (Lipinski definition) is 6. The van der Waals surface area contributed by atoms with E-state index >= 15 is 0 Å². The minimum Gasteiger partial charge on any atom is -0.426 e. The number of rotatable bonds is 6. The van der Waals surface area contributed by atoms with Crippen LogP contribution in [0, 0.1) is 6.92 Å². The number of benzene rings is 2. The van der Waals surface area contributed by atoms with Crippen molar-refractivity contribution in [3.63, 3.8) is 0 Å². The summed E-state index contributed by atoms with van der Waals surface area (Å²) in [6.45, 7) is 3.33. The highest BCUT2D eigenvalue weighted by Crippen LogP contribution is 2.22. The molecule has 0 saturated carbocycles. The molecule has 0 unspecified atom stereocenters. The molecular formula is C21H19N3O3S. The number of aryl methyl sites for hydroxylation is 1. The number of anilines is 1. The maximum atomic E-state index is 12.1. The Morgan fingerprint density at radius 2 is 1.75 bits per heavy atom. The van der Waals surface area contributed by atoms with E-state index in [1.807, 2.05) is 43.3 Å². The number of carbonyl (C=O) groups is 2. The Hall–Kier alpha value is -3.19. The number of nitrogens with one attached hydrogen (secondary N) is 1. The highest BCUT2D eigenvalue weighted by molar-refractivity contribution is 7.99. The molecule has 1 heterocycles. The van der Waals surface area contributed by atoms with Crippen LogP contribution in [0.25, 0.3) is 11.3 Å². The lowest BCUT2D eigenvalue weighted by molar-refractivity contribution is -0.131. The van der Waals surface area contributed by atoms with Crippen LogP contribution in [0.3, 0.4) is 0 Å². The maximum absolute atomic E-state index is 12.1. The van der Waals surface area contributed by atoms with Gasteiger partial charge in [0.2, 0.25) is 5.91 Å². The van der Waals surface area contributed by atoms with Crippen LogP contribution in [0.15, 0.2) is 65.8 Å². The van der Waals surface area contributed by atoms with Crippen molar-refractivity contribution >= 4 is 29.3 Å². The SMILES string of the molecule is CC(=O)Nc1ccc(OC(=O)CSc2nc(C)cc(-c3ccccc3)n2)cc1. The molecular weight excluding hydrogens is 374 g/mol. The van der Waals surface area contributed by atoms with Gasteiger partial charge in [-0.15, -0.1) is 0 Å². The predicted octanol–water partition coefficient (Wildman–Crippen LogP) is 4.11. The Balaban J connectivity index is 1.60. The van der Waals surface area contributed by atoms with Crippen LogP contribution in [0.1, 0.15) is 12.6 Å². The standard InChI is InChI=1S/C21H19N3O3S/c1-14-12-19(16-6-4-3-5-7-16)24-21(22-14)28-13-20(26)27-18-10-8-17(9-11-18)23-15(2)25/h3-12H,13H2,1-2H3,(H,23,25). The minimum absolute atomic E-state index is 0.0884. The first-order valence-corrected chi connectivity index (χ1v) is 9.60. The normalized spacial score (nSPS) is 10.4. The van der Waals surface area contributed by atoms with Gasteiger partial charge in [0.05, 0.1) is 11.4 Å². The first kappa shape index (κ1) is 19.6. The van der Waals surface area contributed by atoms with Gasteiger partial charge in [0.1, 0.15) is 5.75 Å². The van der Waals surface area contributed by atoms with E-state index in [9.17, 15) is 9.59 Å². The van der Waals surface area contributed by atoms with Crippen molar-refractivity contribution < 1.29 is 14.3 Å². The van der Waals surface area contributed by atoms with Crippen LogP contribution in [0.2, 0.25) is 0 Å². The van der Waals surface area contributed by atoms with E-state index in [1.165, 1.54) is 18.7 Å². The second-order valence-electron chi connectivity index (χ2n) is 6.01. The van der Waals surface area contributed by atoms with Gasteiger partial charge in [-0.1, -0.05) is 42.1 Å². The molecule has 0 aliphatic carbocycles. The molecule has 0 aliphatic heterocycles. The third-order valence-corrected chi connectivity index (χ3v) is 4.45. The molecule has 0 atom stereocenters. The molecule has 0 aliphatic rings. The van der Waals surface area contributed by atoms with Gasteiger partial charge < -0.3 is 10.1 Å². The fraction of sp³-hybridized carbons (Fsp3) is 0.143. The summed E-state index contributed by atoms with van der Waals surface area (Å²) in [7, 11) is 0. The highest BCUT2D eigenvalue weighted by atomic mass is 32.2. The lowest BCUT2D eigenvalue weighted by Gasteiger charge is -2.07. The molecule has 2 aromatic carbocycles. The molecule has 0 spiro atoms. The minimum atomic E-state index is -0.399. The Labute approximate surface area is 167 Å². The molecule has 1 aromatic heterocycles. The lowest BCUT2D eigenvalue weighted by atomic mass is 10.1. The van der Waals surface area contributed by atoms with Gasteiger partial charge in [-0.2, -0.15) is 0 Å². The molecule has 28 heavy (non-hydrogen) atoms. The monoisotopic (exact) mass is 393 g/mol. The Morgan fingerprint density at radius 1 is 1.04 bits per heavy atom. The summed E-state index contributed by atoms with van der Waals surface area (Å²) in [5.41, 5.74) is 3.29. The lowest BCUT2D eigenvalue weighted by Crippen LogP contribution is -2.11. The number of hydrogen-bond donors (Lipinski definition) is 1. The number of aromatic nitrogens is 2. The largest absolute Gasteiger partial charge is 0.426 e. The smallest absolute Gasteiger partial charge is 0.321 e. The van der Waals surface area contributed by atoms with Gasteiger partial charge in [0, 0.05) is 23.9 Å². The number of thioether (sulfide) groups is 1. The summed E-state index contributed by atoms with van der Waals surface area (Å²) < 4.78 is 5.31. The summed E-state index contributed by atoms with van der Waals surface area (Å²) in [5.74, 6) is -0.0573. The van der Waals surface area contributed by atoms with Crippen LogP contribution in [-0.2, 0) is 9.59 Å². The van der Waals surface area contributed by atoms with Crippen molar-refractivity contribution in [2.45, 2.75) is 19.0 Å². The number of carbonyl (C=O) groups excluding carboxylic acids is 2. The molecule has 3 rings (SSSR count). The van der Waals surface area contributed by atoms with Crippen LogP contribution in [0.4, 0.5) is 5.69 Å². The zero-order valence-electron chi connectivity index (χ0n) is 15.5. The quantitative estimate of drug-likeness (QED) is 0.294. The van der Waals surface area contributed by atoms with Crippen LogP contribution in [-0.4, -0.2) is 27.6 Å². The van der Waals surface area contributed by atoms with Gasteiger partial charge in [-0.25, -0.2) is 9.97 Å². The molecule has 0 saturated heterocycles. The molecule has 0 radical (unpaired) electrons. The molecule has 0 fully saturated rings. The molecule has 7 heteroatoms. The second-order valence-corrected chi connectivity index (χ2v) is 6.95. The van der Waals surface area contributed by atoms with E-state index in [0.717, 1.165) is 17.0 Å². The Kier molecular flexibility index (Phi) is 6.39. The van der Waals surface area contributed by atoms with Crippen molar-refractivity contribution in [1.82, 2.24) is 9.97 Å². The average Bonchev–Trinajstić information content (AvgIpc) is 2.68. The van der Waals surface area contributed by atoms with Gasteiger partial charge in [-0.05, 0) is 37.3 Å². The Morgan fingerprint density at radius 3 is 2.43 bits per heavy atom. The first-order chi connectivity index (χ1) is 13.5. The highest BCUT2D eigenvalue weighted by Gasteiger charge is 2.10. The van der Waals surface area contributed by atoms with Crippen LogP contribution >= 0.6 is 11.8 Å². The molecule has 3 aromatic rings. The summed E-state index contributed by atoms with van der Waals surface area (Å²) in [5, 5.41) is 3.18. The van der Waals surface area contributed by atoms with E-state index in [1.54, 1.807) is 24.3 Å². The van der Waals surface area contributed by atoms with E-state index in [4.69, 9.17) is 4.74 Å². The third kappa shape index (κ3) is 5.65. The summed E-state index contributed by atoms with van der Waals surface area (Å²) in [6.07, 6.45) is 0. The topological polar surface area (TPSA) is 81.2 Å². The van der Waals surface area contributed by atoms with E-state index in [-0.39, 0.29) is 11.7 Å². The predicted molar refractivity (Wildman–Crippen MR) is 109 cm³/mol. The molecule has 142 valence electrons. The van der Waals surface area contributed by atoms with Crippen molar-refractivity contribution in [3.05, 3.63) is 66.4 Å². The average molecular weight is 393 g/mol. The fourth-order valence-electron chi connectivity index (χ4n) is 2.46. The van der Waals surface area contributed by atoms with E-state index in [2.05, 4.69) is 15.3 Å². The number of nitrogens with zero attached hydrogens (tertiary/aromatic N) is 2. The molecule has 1 N–H and O–H groups in total. The number of amides is 1. The van der Waals surface area contributed by atoms with E-state index in [0.29, 0.717) is 16.6 Å². The van der Waals surface area contributed by atoms with Gasteiger partial charge in [0.15, 0.2) is 5.16 Å². The first-order valence-electron chi connectivity index (χ1n) is 8.62. The van der Waals surface area contributed by atoms with Crippen molar-refractivity contribution in [2.24, 2.45) is 0 Å². The summed E-state index contributed by atoms with van der Waals surface area (Å²) in [6, 6.07) is 18.3. The maximum Gasteiger partial charge on any atom is 0.321 e. The third-order valence-electron chi connectivity index (χ3n) is 3.63. The fourth-order valence-corrected chi connectivity index (χ4v) is 3.13. The molecule has 6 nitrogen and oxygen atoms in total. The van der Waals surface area contributed by atoms with Gasteiger partial charge in [0.25, 0.3) is 0 Å². The molecule has 1 amide bonds. The number of esters is 1. The van der Waals surface area contributed by atoms with E-state index < -0.39 is 5.97 Å². The summed E-state index contributed by atoms with van der Waals surface area (Å²) in [4.78, 5) is 32.1. The summed E-state index contributed by atoms with van der Waals surface area (Å²) >= 11 is 1.23. The van der Waals surface area contributed by atoms with Crippen LogP contribution in [0.5, 0.6) is 5.75 Å². The van der Waals surface area contributed by atoms with Gasteiger partial charge in [-0.3, -0.25) is 9.59 Å². The van der Waals surface area contributed by atoms with Crippen LogP contribution < -0.4 is 10.1 Å². The Bertz CT molecular complexity index is 976. The zero-order valence-corrected chi connectivity index (χ0v) is 16.3. The van der Waals surface area contributed by atoms with Crippen molar-refractivity contribution in [2.75, 3.05) is 11.1 Å². The van der Waals surface area contributed by atoms with Crippen molar-refractivity contribution in [3.8, 4) is 17.0 Å². The van der Waals surface area contributed by atoms with Gasteiger partial charge >= 0.3 is 5.97 Å². The number of ether oxygens (including phenoxy) is 1.